The zero-order valence-electron chi connectivity index (χ0n) is 17.4. The Morgan fingerprint density at radius 2 is 1.00 bits per heavy atom. The van der Waals surface area contributed by atoms with Gasteiger partial charge in [-0.25, -0.2) is 0 Å². The van der Waals surface area contributed by atoms with Crippen molar-refractivity contribution in [2.45, 2.75) is 37.1 Å². The molecule has 0 aromatic heterocycles. The van der Waals surface area contributed by atoms with Gasteiger partial charge >= 0.3 is 0 Å². The maximum Gasteiger partial charge on any atom is 0.188 e. The largest absolute Gasteiger partial charge is 0.468 e. The van der Waals surface area contributed by atoms with E-state index in [0.29, 0.717) is 24.3 Å². The summed E-state index contributed by atoms with van der Waals surface area (Å²) in [5.41, 5.74) is 14.1. The normalized spacial score (nSPS) is 15.3. The topological polar surface area (TPSA) is 129 Å². The highest BCUT2D eigenvalue weighted by molar-refractivity contribution is 5.29. The molecule has 8 heteroatoms. The Morgan fingerprint density at radius 1 is 0.667 bits per heavy atom. The van der Waals surface area contributed by atoms with Crippen LogP contribution in [0.3, 0.4) is 0 Å². The van der Waals surface area contributed by atoms with Crippen LogP contribution in [-0.4, -0.2) is 62.3 Å². The number of aliphatic hydroxyl groups is 2. The van der Waals surface area contributed by atoms with Gasteiger partial charge < -0.3 is 40.6 Å². The van der Waals surface area contributed by atoms with Crippen LogP contribution in [-0.2, 0) is 22.3 Å². The zero-order chi connectivity index (χ0) is 21.9. The molecule has 0 aliphatic rings. The van der Waals surface area contributed by atoms with Gasteiger partial charge in [0.15, 0.2) is 13.6 Å². The second kappa shape index (κ2) is 12.5. The molecule has 0 bridgehead atoms. The summed E-state index contributed by atoms with van der Waals surface area (Å²) in [5.74, 6) is 1.35. The van der Waals surface area contributed by atoms with Crippen LogP contribution in [0.5, 0.6) is 11.5 Å². The maximum atomic E-state index is 10.5. The molecule has 30 heavy (non-hydrogen) atoms. The smallest absolute Gasteiger partial charge is 0.188 e. The van der Waals surface area contributed by atoms with Crippen molar-refractivity contribution in [1.29, 1.82) is 0 Å². The minimum atomic E-state index is -1.16. The summed E-state index contributed by atoms with van der Waals surface area (Å²) in [7, 11) is 3.11. The van der Waals surface area contributed by atoms with Gasteiger partial charge in [0.2, 0.25) is 0 Å². The van der Waals surface area contributed by atoms with Gasteiger partial charge in [-0.15, -0.1) is 0 Å². The van der Waals surface area contributed by atoms with Crippen molar-refractivity contribution in [2.24, 2.45) is 11.5 Å². The highest BCUT2D eigenvalue weighted by Crippen LogP contribution is 2.17. The van der Waals surface area contributed by atoms with E-state index in [4.69, 9.17) is 30.4 Å². The standard InChI is InChI=1S/C22H32N2O6/c1-27-13-29-17-7-3-15(4-8-17)11-19(23)21(25)22(26)20(24)12-16-5-9-18(10-6-16)30-14-28-2/h3-10,19-22,25-26H,11-14,23-24H2,1-2H3/t19-,20-,21+,22+/m0/s1. The SMILES string of the molecule is COCOc1ccc(C[C@H](N)[C@@H](O)[C@H](O)[C@@H](N)Cc2ccc(OCOC)cc2)cc1. The lowest BCUT2D eigenvalue weighted by Gasteiger charge is -2.28. The van der Waals surface area contributed by atoms with Crippen LogP contribution in [0.2, 0.25) is 0 Å². The molecule has 2 rings (SSSR count). The summed E-state index contributed by atoms with van der Waals surface area (Å²) in [6.07, 6.45) is -1.54. The molecular weight excluding hydrogens is 388 g/mol. The first-order valence-corrected chi connectivity index (χ1v) is 9.73. The van der Waals surface area contributed by atoms with E-state index in [0.717, 1.165) is 11.1 Å². The van der Waals surface area contributed by atoms with Gasteiger partial charge in [-0.3, -0.25) is 0 Å². The third-order valence-corrected chi connectivity index (χ3v) is 4.70. The third-order valence-electron chi connectivity index (χ3n) is 4.70. The van der Waals surface area contributed by atoms with Crippen LogP contribution in [0, 0.1) is 0 Å². The summed E-state index contributed by atoms with van der Waals surface area (Å²) in [6.45, 7) is 0.342. The van der Waals surface area contributed by atoms with Crippen LogP contribution in [0.4, 0.5) is 0 Å². The van der Waals surface area contributed by atoms with E-state index in [1.165, 1.54) is 0 Å². The summed E-state index contributed by atoms with van der Waals surface area (Å²) in [4.78, 5) is 0. The molecule has 0 fully saturated rings. The second-order valence-corrected chi connectivity index (χ2v) is 7.11. The van der Waals surface area contributed by atoms with Crippen LogP contribution in [0.25, 0.3) is 0 Å². The number of aliphatic hydroxyl groups excluding tert-OH is 2. The van der Waals surface area contributed by atoms with Gasteiger partial charge in [0.25, 0.3) is 0 Å². The molecular formula is C22H32N2O6. The van der Waals surface area contributed by atoms with E-state index >= 15 is 0 Å². The molecule has 0 saturated carbocycles. The molecule has 0 heterocycles. The Bertz CT molecular complexity index is 662. The molecule has 4 atom stereocenters. The van der Waals surface area contributed by atoms with E-state index in [1.807, 2.05) is 24.3 Å². The van der Waals surface area contributed by atoms with Gasteiger partial charge in [0.05, 0.1) is 12.2 Å². The summed E-state index contributed by atoms with van der Waals surface area (Å²) < 4.78 is 20.4. The fraction of sp³-hybridized carbons (Fsp3) is 0.455. The molecule has 2 aromatic rings. The Morgan fingerprint density at radius 3 is 1.30 bits per heavy atom. The highest BCUT2D eigenvalue weighted by Gasteiger charge is 2.28. The number of nitrogens with two attached hydrogens (primary N) is 2. The molecule has 0 saturated heterocycles. The van der Waals surface area contributed by atoms with E-state index in [2.05, 4.69) is 0 Å². The van der Waals surface area contributed by atoms with Crippen molar-refractivity contribution in [3.05, 3.63) is 59.7 Å². The average Bonchev–Trinajstić information content (AvgIpc) is 2.77. The van der Waals surface area contributed by atoms with Crippen LogP contribution in [0.1, 0.15) is 11.1 Å². The maximum absolute atomic E-state index is 10.5. The molecule has 166 valence electrons. The van der Waals surface area contributed by atoms with Crippen molar-refractivity contribution >= 4 is 0 Å². The third kappa shape index (κ3) is 7.56. The number of hydrogen-bond donors (Lipinski definition) is 4. The van der Waals surface area contributed by atoms with E-state index in [1.54, 1.807) is 38.5 Å². The van der Waals surface area contributed by atoms with Crippen molar-refractivity contribution in [3.8, 4) is 11.5 Å². The minimum absolute atomic E-state index is 0.171. The molecule has 0 amide bonds. The predicted molar refractivity (Wildman–Crippen MR) is 113 cm³/mol. The van der Waals surface area contributed by atoms with Crippen molar-refractivity contribution in [2.75, 3.05) is 27.8 Å². The van der Waals surface area contributed by atoms with Crippen LogP contribution in [0.15, 0.2) is 48.5 Å². The van der Waals surface area contributed by atoms with E-state index in [-0.39, 0.29) is 13.6 Å². The van der Waals surface area contributed by atoms with Gasteiger partial charge in [-0.2, -0.15) is 0 Å². The van der Waals surface area contributed by atoms with Crippen molar-refractivity contribution in [3.63, 3.8) is 0 Å². The van der Waals surface area contributed by atoms with Gasteiger partial charge in [-0.1, -0.05) is 24.3 Å². The van der Waals surface area contributed by atoms with Crippen molar-refractivity contribution in [1.82, 2.24) is 0 Å². The zero-order valence-corrected chi connectivity index (χ0v) is 17.4. The number of rotatable bonds is 13. The summed E-state index contributed by atoms with van der Waals surface area (Å²) >= 11 is 0. The molecule has 0 aliphatic heterocycles. The molecule has 2 aromatic carbocycles. The lowest BCUT2D eigenvalue weighted by molar-refractivity contribution is -0.00976. The Hall–Kier alpha value is -2.20. The molecule has 0 radical (unpaired) electrons. The number of ether oxygens (including phenoxy) is 4. The lowest BCUT2D eigenvalue weighted by Crippen LogP contribution is -2.52. The first-order valence-electron chi connectivity index (χ1n) is 9.73. The molecule has 6 N–H and O–H groups in total. The van der Waals surface area contributed by atoms with Crippen molar-refractivity contribution < 1.29 is 29.2 Å². The fourth-order valence-corrected chi connectivity index (χ4v) is 2.99. The Labute approximate surface area is 177 Å². The van der Waals surface area contributed by atoms with Crippen LogP contribution >= 0.6 is 0 Å². The van der Waals surface area contributed by atoms with E-state index < -0.39 is 24.3 Å². The quantitative estimate of drug-likeness (QED) is 0.351. The summed E-state index contributed by atoms with van der Waals surface area (Å²) in [6, 6.07) is 13.3. The van der Waals surface area contributed by atoms with Gasteiger partial charge in [0.1, 0.15) is 11.5 Å². The van der Waals surface area contributed by atoms with Gasteiger partial charge in [0, 0.05) is 26.3 Å². The molecule has 8 nitrogen and oxygen atoms in total. The average molecular weight is 421 g/mol. The van der Waals surface area contributed by atoms with E-state index in [9.17, 15) is 10.2 Å². The first kappa shape index (κ1) is 24.1. The van der Waals surface area contributed by atoms with Gasteiger partial charge in [-0.05, 0) is 48.2 Å². The molecule has 0 spiro atoms. The Balaban J connectivity index is 1.86. The summed E-state index contributed by atoms with van der Waals surface area (Å²) in [5, 5.41) is 21.0. The minimum Gasteiger partial charge on any atom is -0.468 e. The number of hydrogen-bond acceptors (Lipinski definition) is 8. The number of methoxy groups -OCH3 is 2. The predicted octanol–water partition coefficient (Wildman–Crippen LogP) is 0.814. The Kier molecular flexibility index (Phi) is 10.0. The second-order valence-electron chi connectivity index (χ2n) is 7.11. The highest BCUT2D eigenvalue weighted by atomic mass is 16.7. The molecule has 0 unspecified atom stereocenters. The first-order chi connectivity index (χ1) is 14.4. The van der Waals surface area contributed by atoms with Crippen LogP contribution < -0.4 is 20.9 Å². The lowest BCUT2D eigenvalue weighted by atomic mass is 9.92. The fourth-order valence-electron chi connectivity index (χ4n) is 2.99. The number of benzene rings is 2. The molecule has 0 aliphatic carbocycles. The monoisotopic (exact) mass is 420 g/mol.